The van der Waals surface area contributed by atoms with Gasteiger partial charge >= 0.3 is 0 Å². The summed E-state index contributed by atoms with van der Waals surface area (Å²) >= 11 is 0. The van der Waals surface area contributed by atoms with E-state index in [0.29, 0.717) is 25.2 Å². The first kappa shape index (κ1) is 16.5. The van der Waals surface area contributed by atoms with Crippen molar-refractivity contribution >= 4 is 29.2 Å². The lowest BCUT2D eigenvalue weighted by Crippen LogP contribution is -2.36. The number of aromatic amines is 1. The van der Waals surface area contributed by atoms with Crippen molar-refractivity contribution in [2.75, 3.05) is 19.6 Å². The van der Waals surface area contributed by atoms with Gasteiger partial charge in [-0.1, -0.05) is 18.2 Å². The molecule has 3 rings (SSSR count). The van der Waals surface area contributed by atoms with Crippen molar-refractivity contribution in [2.24, 2.45) is 5.92 Å². The highest BCUT2D eigenvalue weighted by Crippen LogP contribution is 2.11. The summed E-state index contributed by atoms with van der Waals surface area (Å²) in [6.45, 7) is 1.55. The number of aromatic nitrogens is 1. The summed E-state index contributed by atoms with van der Waals surface area (Å²) in [6.07, 6.45) is -0.458. The number of benzene rings is 1. The number of fused-ring (bicyclic) bond motifs is 1. The Balaban J connectivity index is 0.00000176. The molecule has 2 unspecified atom stereocenters. The van der Waals surface area contributed by atoms with Gasteiger partial charge in [-0.3, -0.25) is 9.59 Å². The van der Waals surface area contributed by atoms with Crippen LogP contribution in [0.25, 0.3) is 10.9 Å². The summed E-state index contributed by atoms with van der Waals surface area (Å²) in [7, 11) is 0. The molecule has 2 aromatic rings. The molecular formula is C15H18ClN3O3. The topological polar surface area (TPSA) is 94.2 Å². The first-order valence-corrected chi connectivity index (χ1v) is 6.94. The van der Waals surface area contributed by atoms with Gasteiger partial charge in [0.15, 0.2) is 0 Å². The number of aliphatic hydroxyl groups excluding tert-OH is 1. The van der Waals surface area contributed by atoms with Gasteiger partial charge in [-0.05, 0) is 17.5 Å². The van der Waals surface area contributed by atoms with E-state index in [1.807, 2.05) is 18.2 Å². The fraction of sp³-hybridized carbons (Fsp3) is 0.333. The molecule has 0 aliphatic carbocycles. The molecule has 1 amide bonds. The fourth-order valence-electron chi connectivity index (χ4n) is 2.56. The third-order valence-electron chi connectivity index (χ3n) is 3.83. The lowest BCUT2D eigenvalue weighted by atomic mass is 10.1. The maximum Gasteiger partial charge on any atom is 0.261 e. The van der Waals surface area contributed by atoms with E-state index in [1.165, 1.54) is 0 Å². The van der Waals surface area contributed by atoms with Crippen molar-refractivity contribution < 1.29 is 9.90 Å². The molecule has 0 saturated carbocycles. The number of amides is 1. The van der Waals surface area contributed by atoms with E-state index < -0.39 is 17.6 Å². The van der Waals surface area contributed by atoms with Crippen LogP contribution in [0.4, 0.5) is 0 Å². The number of aliphatic hydroxyl groups is 1. The molecule has 4 N–H and O–H groups in total. The van der Waals surface area contributed by atoms with E-state index in [-0.39, 0.29) is 23.9 Å². The summed E-state index contributed by atoms with van der Waals surface area (Å²) in [6, 6.07) is 8.90. The molecule has 1 aliphatic rings. The van der Waals surface area contributed by atoms with Crippen LogP contribution in [0.15, 0.2) is 35.1 Å². The summed E-state index contributed by atoms with van der Waals surface area (Å²) in [5, 5.41) is 16.3. The number of halogens is 1. The predicted molar refractivity (Wildman–Crippen MR) is 86.5 cm³/mol. The normalized spacial score (nSPS) is 20.6. The maximum atomic E-state index is 12.1. The summed E-state index contributed by atoms with van der Waals surface area (Å²) in [4.78, 5) is 26.8. The number of H-pyrrole nitrogens is 1. The van der Waals surface area contributed by atoms with E-state index in [0.717, 1.165) is 5.39 Å². The van der Waals surface area contributed by atoms with Crippen LogP contribution in [-0.4, -0.2) is 41.7 Å². The summed E-state index contributed by atoms with van der Waals surface area (Å²) in [5.74, 6) is -0.436. The zero-order valence-corrected chi connectivity index (χ0v) is 12.7. The van der Waals surface area contributed by atoms with Gasteiger partial charge in [0.25, 0.3) is 11.5 Å². The Morgan fingerprint density at radius 2 is 2.09 bits per heavy atom. The number of nitrogens with one attached hydrogen (secondary N) is 3. The van der Waals surface area contributed by atoms with Crippen LogP contribution in [-0.2, 0) is 0 Å². The zero-order chi connectivity index (χ0) is 14.8. The second-order valence-electron chi connectivity index (χ2n) is 5.30. The van der Waals surface area contributed by atoms with Crippen LogP contribution in [0, 0.1) is 5.92 Å². The molecule has 0 radical (unpaired) electrons. The predicted octanol–water partition coefficient (Wildman–Crippen LogP) is 0.260. The fourth-order valence-corrected chi connectivity index (χ4v) is 2.56. The molecule has 1 fully saturated rings. The lowest BCUT2D eigenvalue weighted by Gasteiger charge is -2.14. The molecular weight excluding hydrogens is 306 g/mol. The van der Waals surface area contributed by atoms with Crippen LogP contribution in [0.2, 0.25) is 0 Å². The molecule has 7 heteroatoms. The molecule has 1 aromatic heterocycles. The minimum Gasteiger partial charge on any atom is -0.391 e. The molecule has 0 bridgehead atoms. The van der Waals surface area contributed by atoms with Gasteiger partial charge in [0.1, 0.15) is 5.56 Å². The molecule has 1 aromatic carbocycles. The smallest absolute Gasteiger partial charge is 0.261 e. The molecule has 22 heavy (non-hydrogen) atoms. The monoisotopic (exact) mass is 323 g/mol. The van der Waals surface area contributed by atoms with Crippen molar-refractivity contribution in [3.8, 4) is 0 Å². The minimum absolute atomic E-state index is 0. The Kier molecular flexibility index (Phi) is 5.18. The molecule has 2 heterocycles. The highest BCUT2D eigenvalue weighted by Gasteiger charge is 2.25. The van der Waals surface area contributed by atoms with Crippen molar-refractivity contribution in [1.29, 1.82) is 0 Å². The number of para-hydroxylation sites is 1. The van der Waals surface area contributed by atoms with Crippen molar-refractivity contribution in [1.82, 2.24) is 15.6 Å². The standard InChI is InChI=1S/C15H17N3O3.ClH/c19-13-8-16-6-10(13)7-17-14(20)11-5-9-3-1-2-4-12(9)18-15(11)21;/h1-5,10,13,16,19H,6-8H2,(H,17,20)(H,18,21);1H. The van der Waals surface area contributed by atoms with Crippen molar-refractivity contribution in [3.05, 3.63) is 46.2 Å². The van der Waals surface area contributed by atoms with E-state index >= 15 is 0 Å². The number of rotatable bonds is 3. The molecule has 2 atom stereocenters. The third kappa shape index (κ3) is 3.30. The second kappa shape index (κ2) is 6.91. The van der Waals surface area contributed by atoms with Gasteiger partial charge < -0.3 is 20.7 Å². The van der Waals surface area contributed by atoms with Gasteiger partial charge in [0, 0.05) is 31.1 Å². The highest BCUT2D eigenvalue weighted by molar-refractivity contribution is 5.97. The lowest BCUT2D eigenvalue weighted by molar-refractivity contribution is 0.0925. The SMILES string of the molecule is Cl.O=C(NCC1CNCC1O)c1cc2ccccc2[nH]c1=O. The Labute approximate surface area is 133 Å². The number of carbonyl (C=O) groups is 1. The molecule has 118 valence electrons. The van der Waals surface area contributed by atoms with Crippen molar-refractivity contribution in [2.45, 2.75) is 6.10 Å². The zero-order valence-electron chi connectivity index (χ0n) is 11.8. The Hall–Kier alpha value is -1.89. The van der Waals surface area contributed by atoms with E-state index in [4.69, 9.17) is 0 Å². The van der Waals surface area contributed by atoms with Crippen LogP contribution in [0.1, 0.15) is 10.4 Å². The van der Waals surface area contributed by atoms with Crippen LogP contribution >= 0.6 is 12.4 Å². The van der Waals surface area contributed by atoms with Crippen LogP contribution in [0.3, 0.4) is 0 Å². The average Bonchev–Trinajstić information content (AvgIpc) is 2.89. The average molecular weight is 324 g/mol. The Bertz CT molecular complexity index is 731. The van der Waals surface area contributed by atoms with Gasteiger partial charge in [0.05, 0.1) is 6.10 Å². The quantitative estimate of drug-likeness (QED) is 0.652. The first-order chi connectivity index (χ1) is 10.1. The molecule has 1 saturated heterocycles. The van der Waals surface area contributed by atoms with E-state index in [1.54, 1.807) is 12.1 Å². The number of β-amino-alcohol motifs (C(OH)–C–C–N with tert-alkyl or cyclic N) is 1. The van der Waals surface area contributed by atoms with Gasteiger partial charge in [-0.25, -0.2) is 0 Å². The Morgan fingerprint density at radius 3 is 2.82 bits per heavy atom. The van der Waals surface area contributed by atoms with Gasteiger partial charge in [0.2, 0.25) is 0 Å². The van der Waals surface area contributed by atoms with Crippen molar-refractivity contribution in [3.63, 3.8) is 0 Å². The summed E-state index contributed by atoms with van der Waals surface area (Å²) in [5.41, 5.74) is 0.389. The molecule has 0 spiro atoms. The number of hydrogen-bond acceptors (Lipinski definition) is 4. The largest absolute Gasteiger partial charge is 0.391 e. The Morgan fingerprint density at radius 1 is 1.32 bits per heavy atom. The minimum atomic E-state index is -0.458. The second-order valence-corrected chi connectivity index (χ2v) is 5.30. The first-order valence-electron chi connectivity index (χ1n) is 6.94. The number of pyridine rings is 1. The summed E-state index contributed by atoms with van der Waals surface area (Å²) < 4.78 is 0. The van der Waals surface area contributed by atoms with E-state index in [2.05, 4.69) is 15.6 Å². The van der Waals surface area contributed by atoms with E-state index in [9.17, 15) is 14.7 Å². The molecule has 1 aliphatic heterocycles. The van der Waals surface area contributed by atoms with Gasteiger partial charge in [-0.2, -0.15) is 0 Å². The van der Waals surface area contributed by atoms with Gasteiger partial charge in [-0.15, -0.1) is 12.4 Å². The van der Waals surface area contributed by atoms with Crippen LogP contribution in [0.5, 0.6) is 0 Å². The highest BCUT2D eigenvalue weighted by atomic mass is 35.5. The van der Waals surface area contributed by atoms with Crippen LogP contribution < -0.4 is 16.2 Å². The number of hydrogen-bond donors (Lipinski definition) is 4. The maximum absolute atomic E-state index is 12.1. The molecule has 6 nitrogen and oxygen atoms in total. The number of carbonyl (C=O) groups excluding carboxylic acids is 1. The third-order valence-corrected chi connectivity index (χ3v) is 3.83.